The van der Waals surface area contributed by atoms with Gasteiger partial charge in [0.1, 0.15) is 5.69 Å². The van der Waals surface area contributed by atoms with E-state index in [1.54, 1.807) is 7.05 Å². The maximum Gasteiger partial charge on any atom is 0.270 e. The minimum absolute atomic E-state index is 0.144. The van der Waals surface area contributed by atoms with Crippen LogP contribution in [0, 0.1) is 21.7 Å². The normalized spacial score (nSPS) is 13.4. The number of hydrogen-bond donors (Lipinski definition) is 1. The van der Waals surface area contributed by atoms with Crippen molar-refractivity contribution >= 4 is 34.7 Å². The largest absolute Gasteiger partial charge is 0.371 e. The van der Waals surface area contributed by atoms with Crippen molar-refractivity contribution in [2.24, 2.45) is 7.05 Å². The Morgan fingerprint density at radius 1 is 1.19 bits per heavy atom. The van der Waals surface area contributed by atoms with Gasteiger partial charge in [-0.25, -0.2) is 13.5 Å². The van der Waals surface area contributed by atoms with Crippen LogP contribution in [0.3, 0.4) is 0 Å². The summed E-state index contributed by atoms with van der Waals surface area (Å²) in [5.74, 6) is -2.77. The van der Waals surface area contributed by atoms with Crippen molar-refractivity contribution in [2.75, 3.05) is 23.3 Å². The molecule has 3 aromatic rings. The summed E-state index contributed by atoms with van der Waals surface area (Å²) in [6, 6.07) is 5.94. The first-order valence-corrected chi connectivity index (χ1v) is 10.4. The van der Waals surface area contributed by atoms with Crippen LogP contribution < -0.4 is 10.2 Å². The molecule has 2 heterocycles. The third-order valence-electron chi connectivity index (χ3n) is 4.94. The molecule has 0 saturated carbocycles. The number of tetrazole rings is 1. The molecule has 1 fully saturated rings. The van der Waals surface area contributed by atoms with Crippen molar-refractivity contribution in [1.29, 1.82) is 0 Å². The molecular weight excluding hydrogens is 444 g/mol. The van der Waals surface area contributed by atoms with Crippen molar-refractivity contribution < 1.29 is 18.5 Å². The second-order valence-electron chi connectivity index (χ2n) is 7.06. The third kappa shape index (κ3) is 4.37. The van der Waals surface area contributed by atoms with Gasteiger partial charge in [0.25, 0.3) is 11.6 Å². The molecule has 13 heteroatoms. The molecule has 1 amide bonds. The number of benzene rings is 2. The van der Waals surface area contributed by atoms with Crippen LogP contribution in [0.15, 0.2) is 40.4 Å². The number of hydrogen-bond acceptors (Lipinski definition) is 8. The summed E-state index contributed by atoms with van der Waals surface area (Å²) >= 11 is 0.984. The standard InChI is InChI=1S/C19H17F2N7O3S/c1-26-19(23-24-25-26)32-16-5-4-11(28(30)31)8-13(16)18(29)22-17-14(20)9-12(10-15(17)21)27-6-2-3-7-27/h4-5,8-10H,2-3,6-7H2,1H3,(H,22,29). The molecule has 166 valence electrons. The number of halogens is 2. The number of nitro groups is 1. The Hall–Kier alpha value is -3.61. The zero-order valence-corrected chi connectivity index (χ0v) is 17.6. The lowest BCUT2D eigenvalue weighted by atomic mass is 10.1. The highest BCUT2D eigenvalue weighted by atomic mass is 32.2. The quantitative estimate of drug-likeness (QED) is 0.438. The van der Waals surface area contributed by atoms with Gasteiger partial charge in [0, 0.05) is 42.9 Å². The summed E-state index contributed by atoms with van der Waals surface area (Å²) in [5.41, 5.74) is -0.715. The average Bonchev–Trinajstić information content (AvgIpc) is 3.43. The number of aromatic nitrogens is 4. The summed E-state index contributed by atoms with van der Waals surface area (Å²) in [6.07, 6.45) is 1.88. The van der Waals surface area contributed by atoms with E-state index in [1.807, 2.05) is 4.90 Å². The molecule has 1 saturated heterocycles. The van der Waals surface area contributed by atoms with Gasteiger partial charge in [0.2, 0.25) is 5.16 Å². The number of rotatable bonds is 6. The second-order valence-corrected chi connectivity index (χ2v) is 8.07. The molecular formula is C19H17F2N7O3S. The molecule has 0 bridgehead atoms. The Labute approximate surface area is 184 Å². The summed E-state index contributed by atoms with van der Waals surface area (Å²) in [4.78, 5) is 25.6. The average molecular weight is 461 g/mol. The molecule has 32 heavy (non-hydrogen) atoms. The van der Waals surface area contributed by atoms with Crippen molar-refractivity contribution in [3.63, 3.8) is 0 Å². The Balaban J connectivity index is 1.65. The van der Waals surface area contributed by atoms with Crippen LogP contribution in [-0.4, -0.2) is 44.1 Å². The van der Waals surface area contributed by atoms with Gasteiger partial charge >= 0.3 is 0 Å². The molecule has 1 aromatic heterocycles. The summed E-state index contributed by atoms with van der Waals surface area (Å²) in [6.45, 7) is 1.41. The summed E-state index contributed by atoms with van der Waals surface area (Å²) in [5, 5.41) is 24.7. The van der Waals surface area contributed by atoms with Gasteiger partial charge in [-0.2, -0.15) is 0 Å². The predicted octanol–water partition coefficient (Wildman–Crippen LogP) is 3.40. The lowest BCUT2D eigenvalue weighted by Gasteiger charge is -2.19. The highest BCUT2D eigenvalue weighted by Gasteiger charge is 2.23. The third-order valence-corrected chi connectivity index (χ3v) is 6.04. The zero-order chi connectivity index (χ0) is 22.8. The first kappa shape index (κ1) is 21.6. The van der Waals surface area contributed by atoms with E-state index in [4.69, 9.17) is 0 Å². The lowest BCUT2D eigenvalue weighted by molar-refractivity contribution is -0.384. The van der Waals surface area contributed by atoms with E-state index in [2.05, 4.69) is 20.8 Å². The van der Waals surface area contributed by atoms with Gasteiger partial charge in [-0.3, -0.25) is 14.9 Å². The van der Waals surface area contributed by atoms with Crippen LogP contribution in [0.5, 0.6) is 0 Å². The van der Waals surface area contributed by atoms with Gasteiger partial charge in [-0.1, -0.05) is 0 Å². The SMILES string of the molecule is Cn1nnnc1Sc1ccc([N+](=O)[O-])cc1C(=O)Nc1c(F)cc(N2CCCC2)cc1F. The van der Waals surface area contributed by atoms with Gasteiger partial charge in [-0.05, 0) is 53.2 Å². The van der Waals surface area contributed by atoms with Crippen LogP contribution in [0.4, 0.5) is 25.8 Å². The molecule has 0 aliphatic carbocycles. The topological polar surface area (TPSA) is 119 Å². The minimum Gasteiger partial charge on any atom is -0.371 e. The second kappa shape index (κ2) is 8.86. The number of nitrogens with zero attached hydrogens (tertiary/aromatic N) is 6. The number of non-ortho nitro benzene ring substituents is 1. The number of carbonyl (C=O) groups excluding carboxylic acids is 1. The fourth-order valence-corrected chi connectivity index (χ4v) is 4.16. The molecule has 1 N–H and O–H groups in total. The van der Waals surface area contributed by atoms with Crippen LogP contribution in [0.1, 0.15) is 23.2 Å². The van der Waals surface area contributed by atoms with E-state index >= 15 is 0 Å². The van der Waals surface area contributed by atoms with Crippen molar-refractivity contribution in [3.05, 3.63) is 57.6 Å². The molecule has 0 atom stereocenters. The molecule has 1 aliphatic heterocycles. The van der Waals surface area contributed by atoms with Gasteiger partial charge < -0.3 is 10.2 Å². The molecule has 2 aromatic carbocycles. The van der Waals surface area contributed by atoms with E-state index in [-0.39, 0.29) is 16.1 Å². The number of carbonyl (C=O) groups is 1. The van der Waals surface area contributed by atoms with E-state index in [0.717, 1.165) is 30.7 Å². The van der Waals surface area contributed by atoms with Crippen LogP contribution in [0.2, 0.25) is 0 Å². The Morgan fingerprint density at radius 2 is 1.88 bits per heavy atom. The van der Waals surface area contributed by atoms with E-state index in [9.17, 15) is 23.7 Å². The highest BCUT2D eigenvalue weighted by Crippen LogP contribution is 2.33. The number of amides is 1. The molecule has 10 nitrogen and oxygen atoms in total. The van der Waals surface area contributed by atoms with Gasteiger partial charge in [-0.15, -0.1) is 5.10 Å². The van der Waals surface area contributed by atoms with Gasteiger partial charge in [0.05, 0.1) is 10.5 Å². The van der Waals surface area contributed by atoms with Crippen LogP contribution in [0.25, 0.3) is 0 Å². The number of nitro benzene ring substituents is 1. The molecule has 4 rings (SSSR count). The van der Waals surface area contributed by atoms with Crippen LogP contribution in [-0.2, 0) is 7.05 Å². The number of aryl methyl sites for hydroxylation is 1. The van der Waals surface area contributed by atoms with Crippen molar-refractivity contribution in [2.45, 2.75) is 22.9 Å². The Kier molecular flexibility index (Phi) is 5.99. The first-order valence-electron chi connectivity index (χ1n) is 9.57. The zero-order valence-electron chi connectivity index (χ0n) is 16.8. The fourth-order valence-electron chi connectivity index (χ4n) is 3.32. The van der Waals surface area contributed by atoms with Crippen molar-refractivity contribution in [1.82, 2.24) is 20.2 Å². The number of anilines is 2. The maximum atomic E-state index is 14.7. The predicted molar refractivity (Wildman–Crippen MR) is 112 cm³/mol. The Morgan fingerprint density at radius 3 is 2.47 bits per heavy atom. The molecule has 0 radical (unpaired) electrons. The van der Waals surface area contributed by atoms with Crippen LogP contribution >= 0.6 is 11.8 Å². The first-order chi connectivity index (χ1) is 15.3. The minimum atomic E-state index is -0.933. The van der Waals surface area contributed by atoms with E-state index < -0.39 is 28.2 Å². The van der Waals surface area contributed by atoms with E-state index in [1.165, 1.54) is 28.9 Å². The van der Waals surface area contributed by atoms with E-state index in [0.29, 0.717) is 23.9 Å². The smallest absolute Gasteiger partial charge is 0.270 e. The fraction of sp³-hybridized carbons (Fsp3) is 0.263. The molecule has 0 unspecified atom stereocenters. The lowest BCUT2D eigenvalue weighted by Crippen LogP contribution is -2.19. The monoisotopic (exact) mass is 461 g/mol. The maximum absolute atomic E-state index is 14.7. The summed E-state index contributed by atoms with van der Waals surface area (Å²) < 4.78 is 30.7. The van der Waals surface area contributed by atoms with Crippen molar-refractivity contribution in [3.8, 4) is 0 Å². The highest BCUT2D eigenvalue weighted by molar-refractivity contribution is 7.99. The Bertz CT molecular complexity index is 1170. The molecule has 0 spiro atoms. The van der Waals surface area contributed by atoms with Gasteiger partial charge in [0.15, 0.2) is 11.6 Å². The summed E-state index contributed by atoms with van der Waals surface area (Å²) in [7, 11) is 1.58. The number of nitrogens with one attached hydrogen (secondary N) is 1. The molecule has 1 aliphatic rings.